The Kier molecular flexibility index (Phi) is 19.0. The summed E-state index contributed by atoms with van der Waals surface area (Å²) in [7, 11) is 0. The lowest BCUT2D eigenvalue weighted by Gasteiger charge is -2.58. The maximum absolute atomic E-state index is 12.6. The van der Waals surface area contributed by atoms with Gasteiger partial charge in [0.25, 0.3) is 0 Å². The minimum absolute atomic E-state index is 0.139. The maximum atomic E-state index is 12.6. The third-order valence-electron chi connectivity index (χ3n) is 17.2. The highest BCUT2D eigenvalue weighted by molar-refractivity contribution is 5.69. The van der Waals surface area contributed by atoms with Crippen molar-refractivity contribution in [2.75, 3.05) is 6.61 Å². The maximum Gasteiger partial charge on any atom is 0.305 e. The molecule has 3 N–H and O–H groups in total. The van der Waals surface area contributed by atoms with Crippen LogP contribution in [-0.2, 0) is 19.0 Å². The van der Waals surface area contributed by atoms with Crippen molar-refractivity contribution in [1.82, 2.24) is 0 Å². The number of hydrogen-bond donors (Lipinski definition) is 3. The van der Waals surface area contributed by atoms with E-state index in [1.54, 1.807) is 0 Å². The van der Waals surface area contributed by atoms with E-state index >= 15 is 0 Å². The molecule has 4 aliphatic carbocycles. The molecular formula is C51H90O7. The van der Waals surface area contributed by atoms with Gasteiger partial charge in [0, 0.05) is 6.42 Å². The molecule has 0 aromatic rings. The van der Waals surface area contributed by atoms with Crippen molar-refractivity contribution in [3.63, 3.8) is 0 Å². The van der Waals surface area contributed by atoms with E-state index in [1.807, 2.05) is 0 Å². The van der Waals surface area contributed by atoms with Crippen LogP contribution in [0.1, 0.15) is 209 Å². The van der Waals surface area contributed by atoms with Crippen molar-refractivity contribution in [2.45, 2.75) is 246 Å². The third kappa shape index (κ3) is 11.9. The first kappa shape index (κ1) is 48.0. The molecule has 1 saturated heterocycles. The van der Waals surface area contributed by atoms with Gasteiger partial charge in [-0.3, -0.25) is 4.79 Å². The van der Waals surface area contributed by atoms with E-state index in [9.17, 15) is 20.1 Å². The van der Waals surface area contributed by atoms with Gasteiger partial charge in [-0.2, -0.15) is 0 Å². The lowest BCUT2D eigenvalue weighted by Crippen LogP contribution is -2.60. The van der Waals surface area contributed by atoms with E-state index in [1.165, 1.54) is 115 Å². The Morgan fingerprint density at radius 2 is 1.45 bits per heavy atom. The van der Waals surface area contributed by atoms with E-state index in [2.05, 4.69) is 54.5 Å². The van der Waals surface area contributed by atoms with Crippen LogP contribution < -0.4 is 0 Å². The molecule has 0 unspecified atom stereocenters. The van der Waals surface area contributed by atoms with Crippen LogP contribution >= 0.6 is 0 Å². The normalized spacial score (nSPS) is 37.1. The van der Waals surface area contributed by atoms with E-state index in [0.717, 1.165) is 80.5 Å². The van der Waals surface area contributed by atoms with Crippen molar-refractivity contribution < 1.29 is 34.3 Å². The van der Waals surface area contributed by atoms with Gasteiger partial charge in [-0.1, -0.05) is 150 Å². The summed E-state index contributed by atoms with van der Waals surface area (Å²) in [5.41, 5.74) is 2.13. The molecule has 7 nitrogen and oxygen atoms in total. The minimum Gasteiger partial charge on any atom is -0.463 e. The van der Waals surface area contributed by atoms with Crippen molar-refractivity contribution >= 4 is 5.97 Å². The minimum atomic E-state index is -1.44. The molecule has 7 heteroatoms. The Hall–Kier alpha value is -0.990. The standard InChI is InChI=1S/C51H90O7/c1-8-10-11-12-13-14-15-16-17-18-19-20-21-22-45(52)56-34-44-46(53)47(54)48(55)49(58-44)57-39-29-31-50(6)38(33-39)25-26-40-42-28-27-41(51(42,7)32-30-43(40)50)36(5)23-24-37(9-2)35(3)4/h25,35-37,39-44,46-49,53-55H,8-24,26-34H2,1-7H3/t36-,37-,39+,40+,41-,42+,43+,44-,46-,47+,48-,49+,50+,51-/m1/s1. The lowest BCUT2D eigenvalue weighted by molar-refractivity contribution is -0.313. The van der Waals surface area contributed by atoms with Crippen LogP contribution in [0.15, 0.2) is 11.6 Å². The number of unbranched alkanes of at least 4 members (excludes halogenated alkanes) is 12. The van der Waals surface area contributed by atoms with E-state index in [4.69, 9.17) is 14.2 Å². The van der Waals surface area contributed by atoms with Crippen LogP contribution in [0.3, 0.4) is 0 Å². The fraction of sp³-hybridized carbons (Fsp3) is 0.941. The van der Waals surface area contributed by atoms with E-state index in [-0.39, 0.29) is 24.1 Å². The van der Waals surface area contributed by atoms with Crippen molar-refractivity contribution in [2.24, 2.45) is 52.3 Å². The first-order chi connectivity index (χ1) is 27.8. The Morgan fingerprint density at radius 1 is 0.793 bits per heavy atom. The fourth-order valence-corrected chi connectivity index (χ4v) is 13.3. The number of carbonyl (C=O) groups is 1. The van der Waals surface area contributed by atoms with Crippen LogP contribution in [0.5, 0.6) is 0 Å². The third-order valence-corrected chi connectivity index (χ3v) is 17.2. The number of allylic oxidation sites excluding steroid dienone is 1. The largest absolute Gasteiger partial charge is 0.463 e. The number of aliphatic hydroxyl groups is 3. The molecule has 0 spiro atoms. The zero-order chi connectivity index (χ0) is 41.9. The van der Waals surface area contributed by atoms with Crippen molar-refractivity contribution in [3.05, 3.63) is 11.6 Å². The Morgan fingerprint density at radius 3 is 2.09 bits per heavy atom. The molecule has 5 rings (SSSR count). The molecule has 0 amide bonds. The van der Waals surface area contributed by atoms with Gasteiger partial charge >= 0.3 is 5.97 Å². The molecule has 0 bridgehead atoms. The van der Waals surface area contributed by atoms with Gasteiger partial charge in [-0.25, -0.2) is 0 Å². The quantitative estimate of drug-likeness (QED) is 0.0506. The monoisotopic (exact) mass is 815 g/mol. The molecular weight excluding hydrogens is 725 g/mol. The van der Waals surface area contributed by atoms with Gasteiger partial charge in [0.2, 0.25) is 0 Å². The molecule has 14 atom stereocenters. The summed E-state index contributed by atoms with van der Waals surface area (Å²) in [5.74, 6) is 5.24. The number of rotatable bonds is 24. The van der Waals surface area contributed by atoms with Gasteiger partial charge in [-0.05, 0) is 116 Å². The summed E-state index contributed by atoms with van der Waals surface area (Å²) in [6.45, 7) is 17.0. The zero-order valence-corrected chi connectivity index (χ0v) is 38.4. The smallest absolute Gasteiger partial charge is 0.305 e. The highest BCUT2D eigenvalue weighted by Gasteiger charge is 2.59. The zero-order valence-electron chi connectivity index (χ0n) is 38.4. The molecule has 5 aliphatic rings. The van der Waals surface area contributed by atoms with Crippen LogP contribution in [0.4, 0.5) is 0 Å². The summed E-state index contributed by atoms with van der Waals surface area (Å²) in [6.07, 6.45) is 26.1. The average molecular weight is 815 g/mol. The number of carbonyl (C=O) groups excluding carboxylic acids is 1. The SMILES string of the molecule is CCCCCCCCCCCCCCCC(=O)OC[C@H]1O[C@H](O[C@H]2CC[C@@]3(C)C(=CC[C@H]4[C@@H]5CC[C@H]([C@H](C)CC[C@@H](CC)C(C)C)[C@@]5(C)CC[C@@H]43)C2)[C@H](O)[C@@H](O)[C@@H]1O. The molecule has 3 saturated carbocycles. The second-order valence-electron chi connectivity index (χ2n) is 21.1. The number of ether oxygens (including phenoxy) is 3. The molecule has 0 aromatic carbocycles. The second-order valence-corrected chi connectivity index (χ2v) is 21.1. The van der Waals surface area contributed by atoms with Gasteiger partial charge in [-0.15, -0.1) is 0 Å². The first-order valence-electron chi connectivity index (χ1n) is 25.0. The predicted molar refractivity (Wildman–Crippen MR) is 235 cm³/mol. The molecule has 58 heavy (non-hydrogen) atoms. The molecule has 0 aromatic heterocycles. The topological polar surface area (TPSA) is 105 Å². The van der Waals surface area contributed by atoms with E-state index < -0.39 is 30.7 Å². The number of aliphatic hydroxyl groups excluding tert-OH is 3. The Bertz CT molecular complexity index is 1250. The molecule has 1 aliphatic heterocycles. The van der Waals surface area contributed by atoms with Gasteiger partial charge in [0.15, 0.2) is 6.29 Å². The molecule has 1 heterocycles. The second kappa shape index (κ2) is 22.9. The average Bonchev–Trinajstić information content (AvgIpc) is 3.56. The van der Waals surface area contributed by atoms with Gasteiger partial charge in [0.05, 0.1) is 6.10 Å². The molecule has 4 fully saturated rings. The number of fused-ring (bicyclic) bond motifs is 5. The van der Waals surface area contributed by atoms with Crippen LogP contribution in [0.2, 0.25) is 0 Å². The van der Waals surface area contributed by atoms with Crippen molar-refractivity contribution in [3.8, 4) is 0 Å². The van der Waals surface area contributed by atoms with Crippen molar-refractivity contribution in [1.29, 1.82) is 0 Å². The Balaban J connectivity index is 1.04. The lowest BCUT2D eigenvalue weighted by atomic mass is 9.47. The van der Waals surface area contributed by atoms with E-state index in [0.29, 0.717) is 17.8 Å². The van der Waals surface area contributed by atoms with Crippen LogP contribution in [0, 0.1) is 52.3 Å². The number of hydrogen-bond acceptors (Lipinski definition) is 7. The highest BCUT2D eigenvalue weighted by atomic mass is 16.7. The summed E-state index contributed by atoms with van der Waals surface area (Å²) in [4.78, 5) is 12.6. The highest BCUT2D eigenvalue weighted by Crippen LogP contribution is 2.67. The van der Waals surface area contributed by atoms with Gasteiger partial charge < -0.3 is 29.5 Å². The van der Waals surface area contributed by atoms with Gasteiger partial charge in [0.1, 0.15) is 31.0 Å². The van der Waals surface area contributed by atoms with Crippen LogP contribution in [0.25, 0.3) is 0 Å². The molecule has 0 radical (unpaired) electrons. The Labute approximate surface area is 355 Å². The summed E-state index contributed by atoms with van der Waals surface area (Å²) in [5, 5.41) is 32.5. The summed E-state index contributed by atoms with van der Waals surface area (Å²) in [6, 6.07) is 0. The summed E-state index contributed by atoms with van der Waals surface area (Å²) >= 11 is 0. The summed E-state index contributed by atoms with van der Waals surface area (Å²) < 4.78 is 18.0. The fourth-order valence-electron chi connectivity index (χ4n) is 13.3. The number of esters is 1. The molecule has 336 valence electrons. The predicted octanol–water partition coefficient (Wildman–Crippen LogP) is 11.9. The van der Waals surface area contributed by atoms with Crippen LogP contribution in [-0.4, -0.2) is 64.7 Å². The first-order valence-corrected chi connectivity index (χ1v) is 25.0.